The highest BCUT2D eigenvalue weighted by Crippen LogP contribution is 2.28. The lowest BCUT2D eigenvalue weighted by Gasteiger charge is -2.37. The Bertz CT molecular complexity index is 1160. The normalized spacial score (nSPS) is 17.5. The molecule has 2 aliphatic rings. The van der Waals surface area contributed by atoms with Gasteiger partial charge in [0, 0.05) is 56.4 Å². The van der Waals surface area contributed by atoms with Crippen LogP contribution in [-0.2, 0) is 21.2 Å². The number of halogens is 1. The van der Waals surface area contributed by atoms with Crippen molar-refractivity contribution in [2.75, 3.05) is 51.3 Å². The van der Waals surface area contributed by atoms with Crippen LogP contribution < -0.4 is 9.64 Å². The van der Waals surface area contributed by atoms with Crippen molar-refractivity contribution in [1.29, 1.82) is 0 Å². The van der Waals surface area contributed by atoms with Crippen LogP contribution in [0.3, 0.4) is 0 Å². The number of ether oxygens (including phenoxy) is 1. The summed E-state index contributed by atoms with van der Waals surface area (Å²) in [6.07, 6.45) is 3.58. The molecule has 9 heteroatoms. The highest BCUT2D eigenvalue weighted by molar-refractivity contribution is 7.89. The summed E-state index contributed by atoms with van der Waals surface area (Å²) in [6.45, 7) is 5.97. The first kappa shape index (κ1) is 25.8. The van der Waals surface area contributed by atoms with Crippen molar-refractivity contribution in [2.45, 2.75) is 43.9 Å². The fourth-order valence-electron chi connectivity index (χ4n) is 4.88. The molecular formula is C26H34ClN3O4S. The Morgan fingerprint density at radius 2 is 1.69 bits per heavy atom. The quantitative estimate of drug-likeness (QED) is 0.550. The summed E-state index contributed by atoms with van der Waals surface area (Å²) in [6, 6.07) is 10.9. The molecule has 7 nitrogen and oxygen atoms in total. The third-order valence-electron chi connectivity index (χ3n) is 6.96. The number of aryl methyl sites for hydroxylation is 2. The Kier molecular flexibility index (Phi) is 8.24. The molecule has 0 saturated carbocycles. The molecule has 0 atom stereocenters. The first-order chi connectivity index (χ1) is 16.8. The minimum absolute atomic E-state index is 0.0683. The molecule has 0 radical (unpaired) electrons. The lowest BCUT2D eigenvalue weighted by Crippen LogP contribution is -2.49. The minimum atomic E-state index is -3.54. The third kappa shape index (κ3) is 5.93. The zero-order valence-corrected chi connectivity index (χ0v) is 22.1. The number of carbonyl (C=O) groups is 1. The van der Waals surface area contributed by atoms with Gasteiger partial charge in [-0.1, -0.05) is 24.1 Å². The van der Waals surface area contributed by atoms with E-state index in [9.17, 15) is 13.2 Å². The summed E-state index contributed by atoms with van der Waals surface area (Å²) in [5, 5.41) is 0.711. The lowest BCUT2D eigenvalue weighted by atomic mass is 10.1. The van der Waals surface area contributed by atoms with Crippen LogP contribution in [0.5, 0.6) is 5.75 Å². The molecule has 2 aromatic carbocycles. The maximum atomic E-state index is 13.1. The zero-order valence-electron chi connectivity index (χ0n) is 20.5. The summed E-state index contributed by atoms with van der Waals surface area (Å²) in [4.78, 5) is 17.4. The van der Waals surface area contributed by atoms with E-state index in [1.165, 1.54) is 5.56 Å². The molecule has 2 aromatic rings. The van der Waals surface area contributed by atoms with E-state index in [1.54, 1.807) is 29.6 Å². The van der Waals surface area contributed by atoms with Gasteiger partial charge < -0.3 is 14.5 Å². The first-order valence-electron chi connectivity index (χ1n) is 12.3. The molecule has 0 bridgehead atoms. The molecule has 4 rings (SSSR count). The van der Waals surface area contributed by atoms with E-state index in [0.717, 1.165) is 43.6 Å². The molecule has 2 heterocycles. The lowest BCUT2D eigenvalue weighted by molar-refractivity contribution is -0.131. The number of nitrogens with zero attached hydrogens (tertiary/aromatic N) is 3. The van der Waals surface area contributed by atoms with Gasteiger partial charge >= 0.3 is 0 Å². The second kappa shape index (κ2) is 11.2. The van der Waals surface area contributed by atoms with Gasteiger partial charge in [-0.2, -0.15) is 4.31 Å². The Balaban J connectivity index is 1.39. The smallest absolute Gasteiger partial charge is 0.243 e. The maximum Gasteiger partial charge on any atom is 0.243 e. The van der Waals surface area contributed by atoms with Gasteiger partial charge in [-0.3, -0.25) is 4.79 Å². The number of piperidine rings is 1. The van der Waals surface area contributed by atoms with E-state index in [4.69, 9.17) is 16.3 Å². The van der Waals surface area contributed by atoms with E-state index in [-0.39, 0.29) is 10.8 Å². The summed E-state index contributed by atoms with van der Waals surface area (Å²) in [7, 11) is -1.97. The highest BCUT2D eigenvalue weighted by Gasteiger charge is 2.27. The molecule has 2 aliphatic heterocycles. The van der Waals surface area contributed by atoms with E-state index in [0.29, 0.717) is 49.8 Å². The third-order valence-corrected chi connectivity index (χ3v) is 9.09. The average Bonchev–Trinajstić information content (AvgIpc) is 2.89. The van der Waals surface area contributed by atoms with Gasteiger partial charge in [-0.15, -0.1) is 0 Å². The van der Waals surface area contributed by atoms with Crippen LogP contribution in [0.1, 0.15) is 36.8 Å². The molecule has 0 unspecified atom stereocenters. The standard InChI is InChI=1S/C26H34ClN3O4S/c1-20-6-8-22(27)19-24(20)28-14-16-29(17-15-28)26(31)11-7-21-18-23(9-10-25(21)34-2)35(32,33)30-12-4-3-5-13-30/h6,8-10,18-19H,3-5,7,11-17H2,1-2H3. The molecule has 1 amide bonds. The second-order valence-corrected chi connectivity index (χ2v) is 11.6. The van der Waals surface area contributed by atoms with Gasteiger partial charge in [0.25, 0.3) is 0 Å². The number of piperazine rings is 1. The number of anilines is 1. The number of amides is 1. The summed E-state index contributed by atoms with van der Waals surface area (Å²) in [5.41, 5.74) is 3.02. The van der Waals surface area contributed by atoms with Crippen molar-refractivity contribution in [2.24, 2.45) is 0 Å². The largest absolute Gasteiger partial charge is 0.496 e. The van der Waals surface area contributed by atoms with Gasteiger partial charge in [0.2, 0.25) is 15.9 Å². The molecule has 2 saturated heterocycles. The van der Waals surface area contributed by atoms with E-state index < -0.39 is 10.0 Å². The SMILES string of the molecule is COc1ccc(S(=O)(=O)N2CCCCC2)cc1CCC(=O)N1CCN(c2cc(Cl)ccc2C)CC1. The van der Waals surface area contributed by atoms with Gasteiger partial charge in [0.05, 0.1) is 12.0 Å². The van der Waals surface area contributed by atoms with E-state index >= 15 is 0 Å². The van der Waals surface area contributed by atoms with Gasteiger partial charge in [-0.25, -0.2) is 8.42 Å². The molecule has 0 aliphatic carbocycles. The van der Waals surface area contributed by atoms with Crippen molar-refractivity contribution in [3.8, 4) is 5.75 Å². The summed E-state index contributed by atoms with van der Waals surface area (Å²) in [5.74, 6) is 0.676. The van der Waals surface area contributed by atoms with Crippen LogP contribution >= 0.6 is 11.6 Å². The molecular weight excluding hydrogens is 486 g/mol. The molecule has 0 N–H and O–H groups in total. The first-order valence-corrected chi connectivity index (χ1v) is 14.1. The van der Waals surface area contributed by atoms with E-state index in [1.807, 2.05) is 23.1 Å². The number of sulfonamides is 1. The Hall–Kier alpha value is -2.29. The number of hydrogen-bond donors (Lipinski definition) is 0. The highest BCUT2D eigenvalue weighted by atomic mass is 35.5. The predicted octanol–water partition coefficient (Wildman–Crippen LogP) is 4.11. The Labute approximate surface area is 213 Å². The molecule has 0 aromatic heterocycles. The monoisotopic (exact) mass is 519 g/mol. The Morgan fingerprint density at radius 3 is 2.37 bits per heavy atom. The van der Waals surface area contributed by atoms with Crippen LogP contribution in [-0.4, -0.2) is 69.9 Å². The number of carbonyl (C=O) groups excluding carboxylic acids is 1. The van der Waals surface area contributed by atoms with Gasteiger partial charge in [-0.05, 0) is 67.6 Å². The fraction of sp³-hybridized carbons (Fsp3) is 0.500. The minimum Gasteiger partial charge on any atom is -0.496 e. The maximum absolute atomic E-state index is 13.1. The van der Waals surface area contributed by atoms with Crippen molar-refractivity contribution in [1.82, 2.24) is 9.21 Å². The second-order valence-electron chi connectivity index (χ2n) is 9.24. The number of rotatable bonds is 7. The van der Waals surface area contributed by atoms with Crippen LogP contribution in [0.25, 0.3) is 0 Å². The van der Waals surface area contributed by atoms with Crippen molar-refractivity contribution in [3.63, 3.8) is 0 Å². The predicted molar refractivity (Wildman–Crippen MR) is 139 cm³/mol. The van der Waals surface area contributed by atoms with Gasteiger partial charge in [0.1, 0.15) is 5.75 Å². The fourth-order valence-corrected chi connectivity index (χ4v) is 6.62. The van der Waals surface area contributed by atoms with Crippen molar-refractivity contribution in [3.05, 3.63) is 52.5 Å². The topological polar surface area (TPSA) is 70.2 Å². The number of benzene rings is 2. The van der Waals surface area contributed by atoms with Crippen molar-refractivity contribution < 1.29 is 17.9 Å². The van der Waals surface area contributed by atoms with Crippen LogP contribution in [0.15, 0.2) is 41.3 Å². The average molecular weight is 520 g/mol. The van der Waals surface area contributed by atoms with Crippen molar-refractivity contribution >= 4 is 33.2 Å². The molecule has 0 spiro atoms. The van der Waals surface area contributed by atoms with Gasteiger partial charge in [0.15, 0.2) is 0 Å². The number of methoxy groups -OCH3 is 1. The van der Waals surface area contributed by atoms with E-state index in [2.05, 4.69) is 11.8 Å². The molecule has 190 valence electrons. The summed E-state index contributed by atoms with van der Waals surface area (Å²) < 4.78 is 33.3. The zero-order chi connectivity index (χ0) is 25.0. The molecule has 2 fully saturated rings. The Morgan fingerprint density at radius 1 is 0.971 bits per heavy atom. The van der Waals surface area contributed by atoms with Crippen LogP contribution in [0.4, 0.5) is 5.69 Å². The number of hydrogen-bond acceptors (Lipinski definition) is 5. The van der Waals surface area contributed by atoms with Crippen LogP contribution in [0, 0.1) is 6.92 Å². The van der Waals surface area contributed by atoms with Crippen LogP contribution in [0.2, 0.25) is 5.02 Å². The summed E-state index contributed by atoms with van der Waals surface area (Å²) >= 11 is 6.18. The molecule has 35 heavy (non-hydrogen) atoms.